The molecule has 0 fully saturated rings. The fraction of sp³-hybridized carbons (Fsp3) is 0.571. The highest BCUT2D eigenvalue weighted by molar-refractivity contribution is 9.11. The third kappa shape index (κ3) is 6.88. The molecule has 2 N–H and O–H groups in total. The lowest BCUT2D eigenvalue weighted by Gasteiger charge is -2.20. The zero-order chi connectivity index (χ0) is 13.6. The Bertz CT molecular complexity index is 373. The molecule has 0 bridgehead atoms. The van der Waals surface area contributed by atoms with Gasteiger partial charge in [0.05, 0.1) is 0 Å². The zero-order valence-corrected chi connectivity index (χ0v) is 14.5. The van der Waals surface area contributed by atoms with Crippen molar-refractivity contribution in [1.29, 1.82) is 0 Å². The molecule has 0 spiro atoms. The van der Waals surface area contributed by atoms with E-state index in [1.807, 2.05) is 6.07 Å². The monoisotopic (exact) mass is 376 g/mol. The molecule has 0 saturated heterocycles. The molecule has 18 heavy (non-hydrogen) atoms. The van der Waals surface area contributed by atoms with Crippen molar-refractivity contribution < 1.29 is 0 Å². The molecule has 0 aliphatic rings. The van der Waals surface area contributed by atoms with Crippen LogP contribution in [0.15, 0.2) is 27.1 Å². The Balaban J connectivity index is 2.20. The number of hydrogen-bond donors (Lipinski definition) is 2. The largest absolute Gasteiger partial charge is 0.313 e. The lowest BCUT2D eigenvalue weighted by Crippen LogP contribution is -2.37. The Hall–Kier alpha value is 0.1000. The first-order valence-electron chi connectivity index (χ1n) is 6.28. The zero-order valence-electron chi connectivity index (χ0n) is 11.3. The van der Waals surface area contributed by atoms with E-state index >= 15 is 0 Å². The molecule has 0 heterocycles. The molecular formula is C14H22Br2N2. The standard InChI is InChI=1S/C14H22Br2N2/c1-14(2,3)18-8-4-7-17-10-11-9-12(15)5-6-13(11)16/h5-6,9,17-18H,4,7-8,10H2,1-3H3. The predicted molar refractivity (Wildman–Crippen MR) is 85.9 cm³/mol. The van der Waals surface area contributed by atoms with Crippen LogP contribution in [0.4, 0.5) is 0 Å². The van der Waals surface area contributed by atoms with Gasteiger partial charge in [-0.3, -0.25) is 0 Å². The maximum atomic E-state index is 3.57. The van der Waals surface area contributed by atoms with E-state index in [1.165, 1.54) is 5.56 Å². The van der Waals surface area contributed by atoms with Crippen molar-refractivity contribution in [3.05, 3.63) is 32.7 Å². The predicted octanol–water partition coefficient (Wildman–Crippen LogP) is 4.08. The van der Waals surface area contributed by atoms with Gasteiger partial charge < -0.3 is 10.6 Å². The van der Waals surface area contributed by atoms with Crippen LogP contribution in [0.1, 0.15) is 32.8 Å². The molecule has 4 heteroatoms. The second kappa shape index (κ2) is 7.63. The molecule has 0 amide bonds. The van der Waals surface area contributed by atoms with Gasteiger partial charge in [0.25, 0.3) is 0 Å². The fourth-order valence-corrected chi connectivity index (χ4v) is 2.37. The van der Waals surface area contributed by atoms with Crippen molar-refractivity contribution in [3.63, 3.8) is 0 Å². The van der Waals surface area contributed by atoms with Crippen LogP contribution in [0.3, 0.4) is 0 Å². The molecule has 2 nitrogen and oxygen atoms in total. The quantitative estimate of drug-likeness (QED) is 0.730. The summed E-state index contributed by atoms with van der Waals surface area (Å²) in [5.74, 6) is 0. The SMILES string of the molecule is CC(C)(C)NCCCNCc1cc(Br)ccc1Br. The number of benzene rings is 1. The maximum Gasteiger partial charge on any atom is 0.0221 e. The van der Waals surface area contributed by atoms with Gasteiger partial charge in [-0.2, -0.15) is 0 Å². The van der Waals surface area contributed by atoms with E-state index in [1.54, 1.807) is 0 Å². The minimum Gasteiger partial charge on any atom is -0.313 e. The molecule has 1 aromatic rings. The molecule has 0 aliphatic heterocycles. The summed E-state index contributed by atoms with van der Waals surface area (Å²) < 4.78 is 2.28. The average molecular weight is 378 g/mol. The molecule has 0 atom stereocenters. The van der Waals surface area contributed by atoms with Crippen molar-refractivity contribution in [2.75, 3.05) is 13.1 Å². The molecule has 102 valence electrons. The summed E-state index contributed by atoms with van der Waals surface area (Å²) in [6.07, 6.45) is 1.14. The molecule has 0 aliphatic carbocycles. The molecule has 1 rings (SSSR count). The summed E-state index contributed by atoms with van der Waals surface area (Å²) in [7, 11) is 0. The number of hydrogen-bond acceptors (Lipinski definition) is 2. The van der Waals surface area contributed by atoms with Crippen LogP contribution >= 0.6 is 31.9 Å². The Morgan fingerprint density at radius 3 is 2.50 bits per heavy atom. The van der Waals surface area contributed by atoms with E-state index < -0.39 is 0 Å². The van der Waals surface area contributed by atoms with E-state index in [0.717, 1.165) is 35.0 Å². The van der Waals surface area contributed by atoms with E-state index in [2.05, 4.69) is 75.4 Å². The first kappa shape index (κ1) is 16.2. The highest BCUT2D eigenvalue weighted by Gasteiger charge is 2.07. The molecular weight excluding hydrogens is 356 g/mol. The van der Waals surface area contributed by atoms with Gasteiger partial charge in [-0.25, -0.2) is 0 Å². The van der Waals surface area contributed by atoms with Gasteiger partial charge in [-0.05, 0) is 64.0 Å². The average Bonchev–Trinajstić information content (AvgIpc) is 2.26. The Morgan fingerprint density at radius 2 is 1.83 bits per heavy atom. The summed E-state index contributed by atoms with van der Waals surface area (Å²) in [5.41, 5.74) is 1.50. The lowest BCUT2D eigenvalue weighted by atomic mass is 10.1. The minimum absolute atomic E-state index is 0.216. The van der Waals surface area contributed by atoms with Gasteiger partial charge in [0.2, 0.25) is 0 Å². The van der Waals surface area contributed by atoms with Crippen LogP contribution in [-0.2, 0) is 6.54 Å². The topological polar surface area (TPSA) is 24.1 Å². The number of rotatable bonds is 6. The summed E-state index contributed by atoms with van der Waals surface area (Å²) in [6.45, 7) is 9.56. The van der Waals surface area contributed by atoms with Crippen molar-refractivity contribution in [2.24, 2.45) is 0 Å². The van der Waals surface area contributed by atoms with E-state index in [0.29, 0.717) is 0 Å². The first-order chi connectivity index (χ1) is 8.38. The van der Waals surface area contributed by atoms with Gasteiger partial charge in [0.1, 0.15) is 0 Å². The van der Waals surface area contributed by atoms with E-state index in [-0.39, 0.29) is 5.54 Å². The summed E-state index contributed by atoms with van der Waals surface area (Å²) in [6, 6.07) is 6.26. The molecule has 0 unspecified atom stereocenters. The van der Waals surface area contributed by atoms with Crippen LogP contribution < -0.4 is 10.6 Å². The normalized spacial score (nSPS) is 11.8. The van der Waals surface area contributed by atoms with Gasteiger partial charge in [0, 0.05) is 21.0 Å². The summed E-state index contributed by atoms with van der Waals surface area (Å²) in [4.78, 5) is 0. The molecule has 0 saturated carbocycles. The van der Waals surface area contributed by atoms with Crippen LogP contribution in [0.5, 0.6) is 0 Å². The van der Waals surface area contributed by atoms with Crippen molar-refractivity contribution in [1.82, 2.24) is 10.6 Å². The van der Waals surface area contributed by atoms with Crippen LogP contribution in [0.25, 0.3) is 0 Å². The second-order valence-corrected chi connectivity index (χ2v) is 7.21. The van der Waals surface area contributed by atoms with Crippen molar-refractivity contribution in [2.45, 2.75) is 39.3 Å². The highest BCUT2D eigenvalue weighted by Crippen LogP contribution is 2.21. The van der Waals surface area contributed by atoms with E-state index in [4.69, 9.17) is 0 Å². The Labute approximate surface area is 127 Å². The number of nitrogens with one attached hydrogen (secondary N) is 2. The summed E-state index contributed by atoms with van der Waals surface area (Å²) >= 11 is 7.06. The van der Waals surface area contributed by atoms with Gasteiger partial charge in [0.15, 0.2) is 0 Å². The van der Waals surface area contributed by atoms with Gasteiger partial charge in [-0.1, -0.05) is 31.9 Å². The molecule has 0 radical (unpaired) electrons. The third-order valence-electron chi connectivity index (χ3n) is 2.51. The van der Waals surface area contributed by atoms with Crippen LogP contribution in [0.2, 0.25) is 0 Å². The third-order valence-corrected chi connectivity index (χ3v) is 3.78. The second-order valence-electron chi connectivity index (χ2n) is 5.44. The Morgan fingerprint density at radius 1 is 1.11 bits per heavy atom. The maximum absolute atomic E-state index is 3.57. The van der Waals surface area contributed by atoms with Gasteiger partial charge in [-0.15, -0.1) is 0 Å². The smallest absolute Gasteiger partial charge is 0.0221 e. The van der Waals surface area contributed by atoms with Crippen LogP contribution in [-0.4, -0.2) is 18.6 Å². The fourth-order valence-electron chi connectivity index (χ4n) is 1.58. The first-order valence-corrected chi connectivity index (χ1v) is 7.87. The number of halogens is 2. The van der Waals surface area contributed by atoms with Crippen molar-refractivity contribution in [3.8, 4) is 0 Å². The highest BCUT2D eigenvalue weighted by atomic mass is 79.9. The minimum atomic E-state index is 0.216. The van der Waals surface area contributed by atoms with Crippen molar-refractivity contribution >= 4 is 31.9 Å². The van der Waals surface area contributed by atoms with E-state index in [9.17, 15) is 0 Å². The summed E-state index contributed by atoms with van der Waals surface area (Å²) in [5, 5.41) is 6.95. The molecule has 1 aromatic carbocycles. The van der Waals surface area contributed by atoms with Crippen LogP contribution in [0, 0.1) is 0 Å². The molecule has 0 aromatic heterocycles. The lowest BCUT2D eigenvalue weighted by molar-refractivity contribution is 0.418. The Kier molecular flexibility index (Phi) is 6.85. The van der Waals surface area contributed by atoms with Gasteiger partial charge >= 0.3 is 0 Å².